The summed E-state index contributed by atoms with van der Waals surface area (Å²) in [6, 6.07) is 10.7. The molecule has 0 bridgehead atoms. The molecule has 0 radical (unpaired) electrons. The molecule has 1 aliphatic rings. The number of benzene rings is 2. The molecule has 0 spiro atoms. The van der Waals surface area contributed by atoms with Gasteiger partial charge in [0.25, 0.3) is 17.5 Å². The van der Waals surface area contributed by atoms with Gasteiger partial charge in [0.2, 0.25) is 5.91 Å². The summed E-state index contributed by atoms with van der Waals surface area (Å²) in [5, 5.41) is 13.5. The summed E-state index contributed by atoms with van der Waals surface area (Å²) in [6.45, 7) is 5.35. The Kier molecular flexibility index (Phi) is 5.58. The van der Waals surface area contributed by atoms with E-state index in [2.05, 4.69) is 24.1 Å². The molecule has 1 N–H and O–H groups in total. The maximum absolute atomic E-state index is 12.5. The van der Waals surface area contributed by atoms with Gasteiger partial charge in [0.05, 0.1) is 16.1 Å². The Morgan fingerprint density at radius 2 is 1.66 bits per heavy atom. The molecule has 150 valence electrons. The molecule has 29 heavy (non-hydrogen) atoms. The van der Waals surface area contributed by atoms with Crippen LogP contribution in [0.3, 0.4) is 0 Å². The van der Waals surface area contributed by atoms with Crippen LogP contribution < -0.4 is 10.2 Å². The summed E-state index contributed by atoms with van der Waals surface area (Å²) in [6.07, 6.45) is 0. The molecule has 3 amide bonds. The van der Waals surface area contributed by atoms with Gasteiger partial charge in [-0.1, -0.05) is 0 Å². The number of nitrogens with one attached hydrogen (secondary N) is 1. The number of hydrogen-bond donors (Lipinski definition) is 1. The number of nitro benzene ring substituents is 1. The van der Waals surface area contributed by atoms with Crippen molar-refractivity contribution in [3.63, 3.8) is 0 Å². The van der Waals surface area contributed by atoms with Crippen molar-refractivity contribution in [2.45, 2.75) is 13.8 Å². The van der Waals surface area contributed by atoms with Crippen LogP contribution in [0.4, 0.5) is 17.1 Å². The van der Waals surface area contributed by atoms with Crippen LogP contribution in [0.25, 0.3) is 0 Å². The smallest absolute Gasteiger partial charge is 0.270 e. The number of hydrogen-bond acceptors (Lipinski definition) is 6. The Bertz CT molecular complexity index is 983. The second-order valence-corrected chi connectivity index (χ2v) is 6.45. The lowest BCUT2D eigenvalue weighted by atomic mass is 10.1. The number of imide groups is 1. The SMILES string of the molecule is CCN(CC)c1ccc(NC(=O)CN2C(=O)c3ccc([N+](=O)[O-])cc3C2=O)cc1. The molecule has 3 rings (SSSR count). The average molecular weight is 396 g/mol. The van der Waals surface area contributed by atoms with Crippen molar-refractivity contribution in [1.82, 2.24) is 4.90 Å². The molecule has 0 fully saturated rings. The van der Waals surface area contributed by atoms with Crippen molar-refractivity contribution in [3.05, 3.63) is 63.7 Å². The minimum Gasteiger partial charge on any atom is -0.372 e. The largest absolute Gasteiger partial charge is 0.372 e. The number of amides is 3. The van der Waals surface area contributed by atoms with Gasteiger partial charge in [-0.2, -0.15) is 0 Å². The third-order valence-electron chi connectivity index (χ3n) is 4.75. The van der Waals surface area contributed by atoms with E-state index < -0.39 is 29.2 Å². The number of carbonyl (C=O) groups is 3. The highest BCUT2D eigenvalue weighted by molar-refractivity contribution is 6.23. The standard InChI is InChI=1S/C20H20N4O5/c1-3-22(4-2)14-7-5-13(6-8-14)21-18(25)12-23-19(26)16-10-9-15(24(28)29)11-17(16)20(23)27/h5-11H,3-4,12H2,1-2H3,(H,21,25). The summed E-state index contributed by atoms with van der Waals surface area (Å²) in [5.74, 6) is -1.91. The molecule has 0 unspecified atom stereocenters. The first-order chi connectivity index (χ1) is 13.8. The maximum atomic E-state index is 12.5. The second kappa shape index (κ2) is 8.09. The van der Waals surface area contributed by atoms with E-state index in [1.807, 2.05) is 12.1 Å². The van der Waals surface area contributed by atoms with Crippen LogP contribution in [0, 0.1) is 10.1 Å². The molecule has 1 aliphatic heterocycles. The topological polar surface area (TPSA) is 113 Å². The third kappa shape index (κ3) is 3.93. The molecule has 0 saturated heterocycles. The van der Waals surface area contributed by atoms with Crippen molar-refractivity contribution < 1.29 is 19.3 Å². The predicted molar refractivity (Wildman–Crippen MR) is 107 cm³/mol. The van der Waals surface area contributed by atoms with E-state index in [9.17, 15) is 24.5 Å². The lowest BCUT2D eigenvalue weighted by Gasteiger charge is -2.21. The normalized spacial score (nSPS) is 12.7. The molecular weight excluding hydrogens is 376 g/mol. The van der Waals surface area contributed by atoms with Crippen LogP contribution >= 0.6 is 0 Å². The summed E-state index contributed by atoms with van der Waals surface area (Å²) in [7, 11) is 0. The Hall–Kier alpha value is -3.75. The Labute approximate surface area is 167 Å². The van der Waals surface area contributed by atoms with Gasteiger partial charge in [0.15, 0.2) is 0 Å². The van der Waals surface area contributed by atoms with Gasteiger partial charge in [0.1, 0.15) is 6.54 Å². The number of nitrogens with zero attached hydrogens (tertiary/aromatic N) is 3. The zero-order chi connectivity index (χ0) is 21.1. The Morgan fingerprint density at radius 1 is 1.03 bits per heavy atom. The van der Waals surface area contributed by atoms with Gasteiger partial charge < -0.3 is 10.2 Å². The van der Waals surface area contributed by atoms with Gasteiger partial charge in [-0.15, -0.1) is 0 Å². The first-order valence-corrected chi connectivity index (χ1v) is 9.15. The number of fused-ring (bicyclic) bond motifs is 1. The van der Waals surface area contributed by atoms with E-state index in [1.54, 1.807) is 12.1 Å². The van der Waals surface area contributed by atoms with Gasteiger partial charge in [-0.3, -0.25) is 29.4 Å². The van der Waals surface area contributed by atoms with Crippen LogP contribution in [0.1, 0.15) is 34.6 Å². The molecular formula is C20H20N4O5. The van der Waals surface area contributed by atoms with E-state index in [0.717, 1.165) is 35.8 Å². The van der Waals surface area contributed by atoms with Crippen LogP contribution in [0.2, 0.25) is 0 Å². The van der Waals surface area contributed by atoms with E-state index in [0.29, 0.717) is 5.69 Å². The third-order valence-corrected chi connectivity index (χ3v) is 4.75. The van der Waals surface area contributed by atoms with Gasteiger partial charge in [-0.05, 0) is 44.2 Å². The summed E-state index contributed by atoms with van der Waals surface area (Å²) < 4.78 is 0. The quantitative estimate of drug-likeness (QED) is 0.437. The summed E-state index contributed by atoms with van der Waals surface area (Å²) in [5.41, 5.74) is 1.26. The number of non-ortho nitro benzene ring substituents is 1. The van der Waals surface area contributed by atoms with Crippen molar-refractivity contribution in [3.8, 4) is 0 Å². The Morgan fingerprint density at radius 3 is 2.24 bits per heavy atom. The molecule has 1 heterocycles. The minimum absolute atomic E-state index is 0.0528. The summed E-state index contributed by atoms with van der Waals surface area (Å²) >= 11 is 0. The number of nitro groups is 1. The first kappa shape index (κ1) is 20.0. The fourth-order valence-corrected chi connectivity index (χ4v) is 3.22. The zero-order valence-corrected chi connectivity index (χ0v) is 16.0. The monoisotopic (exact) mass is 396 g/mol. The first-order valence-electron chi connectivity index (χ1n) is 9.15. The van der Waals surface area contributed by atoms with Crippen molar-refractivity contribution in [2.24, 2.45) is 0 Å². The second-order valence-electron chi connectivity index (χ2n) is 6.45. The van der Waals surface area contributed by atoms with Crippen molar-refractivity contribution in [2.75, 3.05) is 29.9 Å². The summed E-state index contributed by atoms with van der Waals surface area (Å²) in [4.78, 5) is 50.4. The van der Waals surface area contributed by atoms with E-state index in [1.165, 1.54) is 6.07 Å². The van der Waals surface area contributed by atoms with Crippen LogP contribution in [0.5, 0.6) is 0 Å². The predicted octanol–water partition coefficient (Wildman–Crippen LogP) is 2.68. The van der Waals surface area contributed by atoms with E-state index in [4.69, 9.17) is 0 Å². The number of rotatable bonds is 7. The lowest BCUT2D eigenvalue weighted by molar-refractivity contribution is -0.384. The minimum atomic E-state index is -0.722. The molecule has 9 heteroatoms. The maximum Gasteiger partial charge on any atom is 0.270 e. The zero-order valence-electron chi connectivity index (χ0n) is 16.0. The van der Waals surface area contributed by atoms with E-state index >= 15 is 0 Å². The fourth-order valence-electron chi connectivity index (χ4n) is 3.22. The van der Waals surface area contributed by atoms with Gasteiger partial charge in [0, 0.05) is 36.6 Å². The average Bonchev–Trinajstić information content (AvgIpc) is 2.94. The molecule has 2 aromatic carbocycles. The van der Waals surface area contributed by atoms with Gasteiger partial charge in [-0.25, -0.2) is 0 Å². The highest BCUT2D eigenvalue weighted by Gasteiger charge is 2.37. The highest BCUT2D eigenvalue weighted by atomic mass is 16.6. The fraction of sp³-hybridized carbons (Fsp3) is 0.250. The lowest BCUT2D eigenvalue weighted by Crippen LogP contribution is -2.37. The molecule has 0 saturated carbocycles. The van der Waals surface area contributed by atoms with E-state index in [-0.39, 0.29) is 16.8 Å². The van der Waals surface area contributed by atoms with Crippen LogP contribution in [-0.2, 0) is 4.79 Å². The Balaban J connectivity index is 1.69. The number of anilines is 2. The molecule has 2 aromatic rings. The van der Waals surface area contributed by atoms with Gasteiger partial charge >= 0.3 is 0 Å². The van der Waals surface area contributed by atoms with Crippen LogP contribution in [-0.4, -0.2) is 47.2 Å². The molecule has 0 atom stereocenters. The number of carbonyl (C=O) groups excluding carboxylic acids is 3. The molecule has 0 aromatic heterocycles. The van der Waals surface area contributed by atoms with Crippen molar-refractivity contribution >= 4 is 34.8 Å². The molecule has 9 nitrogen and oxygen atoms in total. The molecule has 0 aliphatic carbocycles. The van der Waals surface area contributed by atoms with Crippen molar-refractivity contribution in [1.29, 1.82) is 0 Å². The van der Waals surface area contributed by atoms with Crippen LogP contribution in [0.15, 0.2) is 42.5 Å². The highest BCUT2D eigenvalue weighted by Crippen LogP contribution is 2.26.